The molecule has 0 saturated carbocycles. The maximum absolute atomic E-state index is 12.4. The van der Waals surface area contributed by atoms with Gasteiger partial charge >= 0.3 is 45.6 Å². The summed E-state index contributed by atoms with van der Waals surface area (Å²) in [4.78, 5) is 0. The number of hydrogen-bond acceptors (Lipinski definition) is 7. The number of benzene rings is 2. The van der Waals surface area contributed by atoms with Crippen molar-refractivity contribution >= 4 is 23.7 Å². The van der Waals surface area contributed by atoms with Gasteiger partial charge < -0.3 is 31.5 Å². The summed E-state index contributed by atoms with van der Waals surface area (Å²) in [7, 11) is -5.90. The summed E-state index contributed by atoms with van der Waals surface area (Å²) in [5.74, 6) is -1.74. The maximum atomic E-state index is 12.4. The average molecular weight is 867 g/mol. The molecule has 286 valence electrons. The van der Waals surface area contributed by atoms with E-state index in [9.17, 15) is 42.0 Å². The van der Waals surface area contributed by atoms with Crippen LogP contribution in [0, 0.1) is 18.8 Å². The summed E-state index contributed by atoms with van der Waals surface area (Å²) in [5.41, 5.74) is 0.402. The number of aryl methyl sites for hydroxylation is 1. The molecule has 2 aliphatic rings. The third-order valence-corrected chi connectivity index (χ3v) is 9.74. The Morgan fingerprint density at radius 1 is 0.846 bits per heavy atom. The number of phenolic OH excluding ortho intramolecular Hbond substituents is 4. The van der Waals surface area contributed by atoms with Crippen LogP contribution in [0.2, 0.25) is 0 Å². The van der Waals surface area contributed by atoms with Crippen molar-refractivity contribution in [2.24, 2.45) is 11.8 Å². The predicted molar refractivity (Wildman–Crippen MR) is 202 cm³/mol. The van der Waals surface area contributed by atoms with E-state index in [1.807, 2.05) is 33.8 Å². The molecule has 4 rings (SSSR count). The molecular formula is C39H52BrF3O7SZn. The summed E-state index contributed by atoms with van der Waals surface area (Å²) in [6.45, 7) is 23.4. The molecule has 0 bridgehead atoms. The summed E-state index contributed by atoms with van der Waals surface area (Å²) in [6, 6.07) is 5.08. The van der Waals surface area contributed by atoms with Crippen molar-refractivity contribution in [2.45, 2.75) is 104 Å². The average Bonchev–Trinajstić information content (AvgIpc) is 3.01. The van der Waals surface area contributed by atoms with Gasteiger partial charge in [-0.15, -0.1) is 0 Å². The Hall–Kier alpha value is -2.76. The Balaban J connectivity index is 0.000000470. The van der Waals surface area contributed by atoms with Crippen LogP contribution >= 0.6 is 13.6 Å². The fraction of sp³-hybridized carbons (Fsp3) is 0.462. The molecule has 7 nitrogen and oxygen atoms in total. The molecule has 0 aliphatic heterocycles. The third-order valence-electron chi connectivity index (χ3n) is 8.76. The SMILES string of the molecule is C=C(C)[C@@H]1CCC(C)=C[C@H]1c1c(O)cc(CCC)cc1O.C=C(C)[C@@H]1CCC(C)=C[C@H]1c1c(O)cc(OS(=O)(=O)C(F)(F)F)cc1O.[CH2-]CC.[Zn+][Br]. The first-order valence-corrected chi connectivity index (χ1v) is 25.4. The second-order valence-electron chi connectivity index (χ2n) is 13.2. The van der Waals surface area contributed by atoms with Gasteiger partial charge in [-0.2, -0.15) is 28.0 Å². The van der Waals surface area contributed by atoms with Gasteiger partial charge in [0.15, 0.2) is 0 Å². The molecule has 0 radical (unpaired) electrons. The predicted octanol–water partition coefficient (Wildman–Crippen LogP) is 11.5. The van der Waals surface area contributed by atoms with E-state index in [-0.39, 0.29) is 34.8 Å². The monoisotopic (exact) mass is 864 g/mol. The fourth-order valence-electron chi connectivity index (χ4n) is 6.43. The molecule has 0 aromatic heterocycles. The van der Waals surface area contributed by atoms with Crippen LogP contribution in [-0.4, -0.2) is 34.4 Å². The van der Waals surface area contributed by atoms with E-state index < -0.39 is 38.8 Å². The number of allylic oxidation sites excluding steroid dienone is 6. The molecule has 0 fully saturated rings. The Labute approximate surface area is 324 Å². The van der Waals surface area contributed by atoms with E-state index in [0.717, 1.165) is 79.4 Å². The second kappa shape index (κ2) is 21.2. The van der Waals surface area contributed by atoms with Crippen LogP contribution in [0.1, 0.15) is 109 Å². The van der Waals surface area contributed by atoms with Gasteiger partial charge in [0.25, 0.3) is 0 Å². The number of phenols is 4. The van der Waals surface area contributed by atoms with E-state index in [0.29, 0.717) is 5.56 Å². The van der Waals surface area contributed by atoms with Crippen LogP contribution in [0.25, 0.3) is 0 Å². The first-order chi connectivity index (χ1) is 24.2. The number of alkyl halides is 3. The Morgan fingerprint density at radius 3 is 1.50 bits per heavy atom. The van der Waals surface area contributed by atoms with Crippen molar-refractivity contribution in [3.63, 3.8) is 0 Å². The molecular weight excluding hydrogens is 815 g/mol. The van der Waals surface area contributed by atoms with Gasteiger partial charge in [0, 0.05) is 35.1 Å². The Bertz CT molecular complexity index is 1660. The zero-order chi connectivity index (χ0) is 40.1. The van der Waals surface area contributed by atoms with Crippen LogP contribution in [-0.2, 0) is 32.9 Å². The normalized spacial score (nSPS) is 19.9. The molecule has 4 N–H and O–H groups in total. The van der Waals surface area contributed by atoms with E-state index in [4.69, 9.17) is 0 Å². The van der Waals surface area contributed by atoms with Gasteiger partial charge in [0.1, 0.15) is 28.7 Å². The van der Waals surface area contributed by atoms with E-state index in [1.54, 1.807) is 12.1 Å². The molecule has 4 atom stereocenters. The van der Waals surface area contributed by atoms with Crippen LogP contribution in [0.15, 0.2) is 71.9 Å². The minimum absolute atomic E-state index is 0.0203. The van der Waals surface area contributed by atoms with Gasteiger partial charge in [-0.05, 0) is 89.3 Å². The topological polar surface area (TPSA) is 124 Å². The Morgan fingerprint density at radius 2 is 1.19 bits per heavy atom. The third kappa shape index (κ3) is 13.0. The molecule has 2 aromatic carbocycles. The van der Waals surface area contributed by atoms with Crippen LogP contribution in [0.4, 0.5) is 13.2 Å². The van der Waals surface area contributed by atoms with Crippen molar-refractivity contribution in [3.05, 3.63) is 95.5 Å². The molecule has 13 heteroatoms. The molecule has 2 aromatic rings. The van der Waals surface area contributed by atoms with Crippen molar-refractivity contribution in [2.75, 3.05) is 0 Å². The summed E-state index contributed by atoms with van der Waals surface area (Å²) in [6.07, 6.45) is 10.5. The second-order valence-corrected chi connectivity index (χ2v) is 14.8. The first kappa shape index (κ1) is 47.3. The number of halogens is 4. The van der Waals surface area contributed by atoms with Crippen molar-refractivity contribution in [1.29, 1.82) is 0 Å². The molecule has 0 unspecified atom stereocenters. The summed E-state index contributed by atoms with van der Waals surface area (Å²) >= 11 is 4.25. The van der Waals surface area contributed by atoms with Crippen LogP contribution < -0.4 is 4.18 Å². The van der Waals surface area contributed by atoms with Crippen molar-refractivity contribution in [3.8, 4) is 28.7 Å². The molecule has 0 saturated heterocycles. The zero-order valence-electron chi connectivity index (χ0n) is 31.0. The van der Waals surface area contributed by atoms with E-state index in [1.165, 1.54) is 21.9 Å². The van der Waals surface area contributed by atoms with Gasteiger partial charge in [0.2, 0.25) is 0 Å². The zero-order valence-corrected chi connectivity index (χ0v) is 36.4. The molecule has 0 amide bonds. The quantitative estimate of drug-likeness (QED) is 0.0685. The standard InChI is InChI=1S/C19H26O2.C17H19F3O5S.C3H7.BrH.Zn/c1-5-6-14-10-17(20)19(18(21)11-14)16-9-13(4)7-8-15(16)12(2)3;1-9(2)12-5-4-10(3)6-13(12)16-14(21)7-11(8-15(16)22)25-26(23,24)17(18,19)20;1-3-2;;/h9-11,15-16,20-21H,2,5-8H2,1,3-4H3;6-8,12-13,21-22H,1,4-5H2,2-3H3;1,3H2,2H3;1H;/q;;-1;;+2/p-1/t15-,16+;12-,13+;;;/m00.../s1. The first-order valence-electron chi connectivity index (χ1n) is 17.0. The van der Waals surface area contributed by atoms with Crippen molar-refractivity contribution in [1.82, 2.24) is 0 Å². The molecule has 0 heterocycles. The molecule has 2 aliphatic carbocycles. The fourth-order valence-corrected chi connectivity index (χ4v) is 6.87. The molecule has 52 heavy (non-hydrogen) atoms. The van der Waals surface area contributed by atoms with Gasteiger partial charge in [0.05, 0.1) is 0 Å². The minimum atomic E-state index is -5.90. The van der Waals surface area contributed by atoms with E-state index in [2.05, 4.69) is 57.8 Å². The number of rotatable bonds is 8. The van der Waals surface area contributed by atoms with Crippen LogP contribution in [0.3, 0.4) is 0 Å². The summed E-state index contributed by atoms with van der Waals surface area (Å²) in [5, 5.41) is 41.3. The molecule has 0 spiro atoms. The summed E-state index contributed by atoms with van der Waals surface area (Å²) < 4.78 is 63.4. The van der Waals surface area contributed by atoms with Gasteiger partial charge in [-0.1, -0.05) is 67.9 Å². The van der Waals surface area contributed by atoms with Gasteiger partial charge in [-0.3, -0.25) is 0 Å². The van der Waals surface area contributed by atoms with Gasteiger partial charge in [-0.25, -0.2) is 0 Å². The van der Waals surface area contributed by atoms with Crippen LogP contribution in [0.5, 0.6) is 28.7 Å². The Kier molecular flexibility index (Phi) is 19.3. The van der Waals surface area contributed by atoms with E-state index >= 15 is 0 Å². The number of hydrogen-bond donors (Lipinski definition) is 4. The number of aromatic hydroxyl groups is 4. The van der Waals surface area contributed by atoms with Crippen molar-refractivity contribution < 1.29 is 62.5 Å².